The maximum atomic E-state index is 12.1. The molecule has 2 rings (SSSR count). The molecule has 0 aliphatic rings. The minimum absolute atomic E-state index is 0.221. The van der Waals surface area contributed by atoms with Crippen LogP contribution in [0.15, 0.2) is 49.1 Å². The molecule has 2 heterocycles. The van der Waals surface area contributed by atoms with Crippen molar-refractivity contribution in [1.29, 1.82) is 5.26 Å². The van der Waals surface area contributed by atoms with Gasteiger partial charge in [-0.3, -0.25) is 14.8 Å². The summed E-state index contributed by atoms with van der Waals surface area (Å²) in [6, 6.07) is 8.58. The molecular formula is C13H9N3O. The quantitative estimate of drug-likeness (QED) is 0.746. The Kier molecular flexibility index (Phi) is 3.22. The molecular weight excluding hydrogens is 214 g/mol. The number of carbonyl (C=O) groups excluding carboxylic acids is 1. The smallest absolute Gasteiger partial charge is 0.184 e. The zero-order chi connectivity index (χ0) is 12.1. The zero-order valence-corrected chi connectivity index (χ0v) is 8.95. The van der Waals surface area contributed by atoms with Crippen LogP contribution in [0, 0.1) is 11.3 Å². The van der Waals surface area contributed by atoms with E-state index in [0.717, 1.165) is 0 Å². The lowest BCUT2D eigenvalue weighted by atomic mass is 9.93. The predicted octanol–water partition coefficient (Wildman–Crippen LogP) is 1.97. The number of ketones is 1. The van der Waals surface area contributed by atoms with Crippen molar-refractivity contribution in [2.45, 2.75) is 5.92 Å². The second-order valence-electron chi connectivity index (χ2n) is 3.44. The summed E-state index contributed by atoms with van der Waals surface area (Å²) in [6.07, 6.45) is 6.21. The number of nitrogens with zero attached hydrogens (tertiary/aromatic N) is 3. The van der Waals surface area contributed by atoms with Crippen molar-refractivity contribution in [3.63, 3.8) is 0 Å². The molecule has 0 aromatic carbocycles. The average molecular weight is 223 g/mol. The van der Waals surface area contributed by atoms with E-state index in [4.69, 9.17) is 5.26 Å². The first-order valence-electron chi connectivity index (χ1n) is 5.06. The molecule has 4 nitrogen and oxygen atoms in total. The third kappa shape index (κ3) is 2.34. The van der Waals surface area contributed by atoms with Gasteiger partial charge in [0.05, 0.1) is 6.07 Å². The molecule has 0 amide bonds. The second-order valence-corrected chi connectivity index (χ2v) is 3.44. The molecule has 0 saturated carbocycles. The van der Waals surface area contributed by atoms with E-state index in [-0.39, 0.29) is 5.78 Å². The lowest BCUT2D eigenvalue weighted by Crippen LogP contribution is -2.11. The molecule has 0 bridgehead atoms. The number of rotatable bonds is 3. The minimum Gasteiger partial charge on any atom is -0.292 e. The van der Waals surface area contributed by atoms with Crippen molar-refractivity contribution in [2.24, 2.45) is 0 Å². The standard InChI is InChI=1S/C13H9N3O/c14-9-12(10-1-5-15-6-2-10)13(17)11-3-7-16-8-4-11/h1-8,12H. The van der Waals surface area contributed by atoms with Gasteiger partial charge in [0.25, 0.3) is 0 Å². The molecule has 0 aliphatic carbocycles. The van der Waals surface area contributed by atoms with Crippen molar-refractivity contribution < 1.29 is 4.79 Å². The van der Waals surface area contributed by atoms with E-state index in [9.17, 15) is 4.79 Å². The Morgan fingerprint density at radius 3 is 2.12 bits per heavy atom. The molecule has 0 N–H and O–H groups in total. The van der Waals surface area contributed by atoms with E-state index >= 15 is 0 Å². The third-order valence-electron chi connectivity index (χ3n) is 2.40. The van der Waals surface area contributed by atoms with Crippen molar-refractivity contribution in [2.75, 3.05) is 0 Å². The van der Waals surface area contributed by atoms with Crippen molar-refractivity contribution in [3.05, 3.63) is 60.2 Å². The summed E-state index contributed by atoms with van der Waals surface area (Å²) in [4.78, 5) is 19.8. The number of hydrogen-bond acceptors (Lipinski definition) is 4. The molecule has 0 fully saturated rings. The average Bonchev–Trinajstić information content (AvgIpc) is 2.42. The van der Waals surface area contributed by atoms with Gasteiger partial charge in [-0.2, -0.15) is 5.26 Å². The zero-order valence-electron chi connectivity index (χ0n) is 8.95. The van der Waals surface area contributed by atoms with Gasteiger partial charge in [-0.05, 0) is 29.8 Å². The largest absolute Gasteiger partial charge is 0.292 e. The number of aromatic nitrogens is 2. The van der Waals surface area contributed by atoms with Crippen LogP contribution in [0.2, 0.25) is 0 Å². The second kappa shape index (κ2) is 4.99. The number of Topliss-reactive ketones (excluding diaryl/α,β-unsaturated/α-hetero) is 1. The highest BCUT2D eigenvalue weighted by Crippen LogP contribution is 2.19. The first kappa shape index (κ1) is 11.0. The van der Waals surface area contributed by atoms with Crippen LogP contribution in [0.3, 0.4) is 0 Å². The fourth-order valence-electron chi connectivity index (χ4n) is 1.52. The summed E-state index contributed by atoms with van der Waals surface area (Å²) >= 11 is 0. The predicted molar refractivity (Wildman–Crippen MR) is 61.2 cm³/mol. The van der Waals surface area contributed by atoms with Crippen molar-refractivity contribution in [3.8, 4) is 6.07 Å². The van der Waals surface area contributed by atoms with Gasteiger partial charge in [-0.25, -0.2) is 0 Å². The number of carbonyl (C=O) groups is 1. The molecule has 1 unspecified atom stereocenters. The maximum absolute atomic E-state index is 12.1. The Hall–Kier alpha value is -2.54. The highest BCUT2D eigenvalue weighted by atomic mass is 16.1. The number of hydrogen-bond donors (Lipinski definition) is 0. The van der Waals surface area contributed by atoms with Crippen LogP contribution in [0.1, 0.15) is 21.8 Å². The monoisotopic (exact) mass is 223 g/mol. The molecule has 0 spiro atoms. The first-order valence-corrected chi connectivity index (χ1v) is 5.06. The molecule has 0 aliphatic heterocycles. The van der Waals surface area contributed by atoms with Gasteiger partial charge in [0.15, 0.2) is 5.78 Å². The normalized spacial score (nSPS) is 11.5. The van der Waals surface area contributed by atoms with Gasteiger partial charge in [0, 0.05) is 30.4 Å². The SMILES string of the molecule is N#CC(C(=O)c1ccncc1)c1ccncc1. The van der Waals surface area contributed by atoms with Gasteiger partial charge in [-0.1, -0.05) is 0 Å². The molecule has 1 atom stereocenters. The van der Waals surface area contributed by atoms with Crippen LogP contribution >= 0.6 is 0 Å². The summed E-state index contributed by atoms with van der Waals surface area (Å²) in [7, 11) is 0. The summed E-state index contributed by atoms with van der Waals surface area (Å²) in [5.74, 6) is -1.01. The Bertz CT molecular complexity index is 546. The maximum Gasteiger partial charge on any atom is 0.184 e. The van der Waals surface area contributed by atoms with Crippen LogP contribution < -0.4 is 0 Å². The highest BCUT2D eigenvalue weighted by molar-refractivity contribution is 6.02. The third-order valence-corrected chi connectivity index (χ3v) is 2.40. The van der Waals surface area contributed by atoms with Crippen LogP contribution in [0.5, 0.6) is 0 Å². The summed E-state index contributed by atoms with van der Waals surface area (Å²) in [6.45, 7) is 0. The Labute approximate surface area is 98.6 Å². The van der Waals surface area contributed by atoms with E-state index in [1.165, 1.54) is 12.4 Å². The lowest BCUT2D eigenvalue weighted by Gasteiger charge is -2.07. The van der Waals surface area contributed by atoms with Gasteiger partial charge in [0.1, 0.15) is 5.92 Å². The number of pyridine rings is 2. The molecule has 4 heteroatoms. The fourth-order valence-corrected chi connectivity index (χ4v) is 1.52. The Morgan fingerprint density at radius 1 is 1.06 bits per heavy atom. The van der Waals surface area contributed by atoms with E-state index < -0.39 is 5.92 Å². The summed E-state index contributed by atoms with van der Waals surface area (Å²) in [5, 5.41) is 9.10. The van der Waals surface area contributed by atoms with Gasteiger partial charge < -0.3 is 0 Å². The topological polar surface area (TPSA) is 66.6 Å². The Balaban J connectivity index is 2.33. The lowest BCUT2D eigenvalue weighted by molar-refractivity contribution is 0.0979. The van der Waals surface area contributed by atoms with Crippen molar-refractivity contribution in [1.82, 2.24) is 9.97 Å². The van der Waals surface area contributed by atoms with Gasteiger partial charge in [-0.15, -0.1) is 0 Å². The Morgan fingerprint density at radius 2 is 1.59 bits per heavy atom. The molecule has 82 valence electrons. The van der Waals surface area contributed by atoms with E-state index in [1.807, 2.05) is 6.07 Å². The molecule has 2 aromatic rings. The van der Waals surface area contributed by atoms with Crippen LogP contribution in [-0.4, -0.2) is 15.8 Å². The molecule has 17 heavy (non-hydrogen) atoms. The van der Waals surface area contributed by atoms with Gasteiger partial charge >= 0.3 is 0 Å². The fraction of sp³-hybridized carbons (Fsp3) is 0.0769. The minimum atomic E-state index is -0.791. The summed E-state index contributed by atoms with van der Waals surface area (Å²) < 4.78 is 0. The van der Waals surface area contributed by atoms with Crippen LogP contribution in [0.4, 0.5) is 0 Å². The van der Waals surface area contributed by atoms with E-state index in [1.54, 1.807) is 36.7 Å². The van der Waals surface area contributed by atoms with E-state index in [2.05, 4.69) is 9.97 Å². The molecule has 2 aromatic heterocycles. The number of nitriles is 1. The molecule has 0 radical (unpaired) electrons. The van der Waals surface area contributed by atoms with Gasteiger partial charge in [0.2, 0.25) is 0 Å². The van der Waals surface area contributed by atoms with E-state index in [0.29, 0.717) is 11.1 Å². The first-order chi connectivity index (χ1) is 8.33. The molecule has 0 saturated heterocycles. The van der Waals surface area contributed by atoms with Crippen LogP contribution in [0.25, 0.3) is 0 Å². The van der Waals surface area contributed by atoms with Crippen LogP contribution in [-0.2, 0) is 0 Å². The van der Waals surface area contributed by atoms with Crippen molar-refractivity contribution >= 4 is 5.78 Å². The summed E-state index contributed by atoms with van der Waals surface area (Å²) in [5.41, 5.74) is 1.15. The highest BCUT2D eigenvalue weighted by Gasteiger charge is 2.21.